The van der Waals surface area contributed by atoms with Gasteiger partial charge in [0.1, 0.15) is 0 Å². The van der Waals surface area contributed by atoms with Crippen LogP contribution in [-0.4, -0.2) is 0 Å². The Labute approximate surface area is 195 Å². The van der Waals surface area contributed by atoms with Crippen LogP contribution in [0.25, 0.3) is 0 Å². The monoisotopic (exact) mass is 427 g/mol. The van der Waals surface area contributed by atoms with E-state index in [0.717, 1.165) is 11.8 Å². The van der Waals surface area contributed by atoms with E-state index in [1.165, 1.54) is 12.8 Å². The van der Waals surface area contributed by atoms with Crippen LogP contribution in [0.2, 0.25) is 0 Å². The molecule has 0 bridgehead atoms. The van der Waals surface area contributed by atoms with Gasteiger partial charge in [-0.05, 0) is 50.7 Å². The number of rotatable bonds is 1. The highest BCUT2D eigenvalue weighted by molar-refractivity contribution is 4.82. The lowest BCUT2D eigenvalue weighted by Gasteiger charge is -2.40. The van der Waals surface area contributed by atoms with Crippen molar-refractivity contribution in [1.29, 1.82) is 0 Å². The summed E-state index contributed by atoms with van der Waals surface area (Å²) in [5.74, 6) is 1.58. The fourth-order valence-electron chi connectivity index (χ4n) is 5.41. The molecular weight excluding hydrogens is 360 g/mol. The molecule has 0 heterocycles. The lowest BCUT2D eigenvalue weighted by molar-refractivity contribution is 0.0980. The van der Waals surface area contributed by atoms with E-state index in [2.05, 4.69) is 138 Å². The first-order valence-corrected chi connectivity index (χ1v) is 12.6. The fourth-order valence-corrected chi connectivity index (χ4v) is 5.41. The summed E-state index contributed by atoms with van der Waals surface area (Å²) in [6.45, 7) is 46.3. The third kappa shape index (κ3) is 19.9. The van der Waals surface area contributed by atoms with Gasteiger partial charge in [0.15, 0.2) is 0 Å². The zero-order chi connectivity index (χ0) is 25.6. The Morgan fingerprint density at radius 1 is 0.433 bits per heavy atom. The maximum Gasteiger partial charge on any atom is -0.0319 e. The molecule has 0 aliphatic rings. The predicted molar refractivity (Wildman–Crippen MR) is 144 cm³/mol. The summed E-state index contributed by atoms with van der Waals surface area (Å²) >= 11 is 0. The number of hydrogen-bond donors (Lipinski definition) is 0. The van der Waals surface area contributed by atoms with Crippen LogP contribution in [0.15, 0.2) is 0 Å². The molecule has 30 heavy (non-hydrogen) atoms. The fraction of sp³-hybridized carbons (Fsp3) is 1.00. The summed E-state index contributed by atoms with van der Waals surface area (Å²) in [6.07, 6.45) is 2.58. The predicted octanol–water partition coefficient (Wildman–Crippen LogP) is 11.3. The van der Waals surface area contributed by atoms with E-state index in [9.17, 15) is 0 Å². The van der Waals surface area contributed by atoms with Crippen molar-refractivity contribution in [3.8, 4) is 0 Å². The van der Waals surface area contributed by atoms with E-state index in [-0.39, 0.29) is 0 Å². The molecule has 186 valence electrons. The molecule has 0 saturated carbocycles. The van der Waals surface area contributed by atoms with Crippen LogP contribution in [0.5, 0.6) is 0 Å². The molecule has 0 aromatic rings. The van der Waals surface area contributed by atoms with E-state index >= 15 is 0 Å². The van der Waals surface area contributed by atoms with Crippen molar-refractivity contribution in [3.05, 3.63) is 0 Å². The second kappa shape index (κ2) is 11.7. The summed E-state index contributed by atoms with van der Waals surface area (Å²) in [4.78, 5) is 0. The molecule has 0 aliphatic carbocycles. The second-order valence-corrected chi connectivity index (χ2v) is 16.4. The van der Waals surface area contributed by atoms with Gasteiger partial charge in [0, 0.05) is 0 Å². The van der Waals surface area contributed by atoms with E-state index in [1.54, 1.807) is 0 Å². The van der Waals surface area contributed by atoms with Crippen molar-refractivity contribution in [2.75, 3.05) is 0 Å². The van der Waals surface area contributed by atoms with Gasteiger partial charge in [-0.3, -0.25) is 0 Å². The van der Waals surface area contributed by atoms with Crippen LogP contribution >= 0.6 is 0 Å². The van der Waals surface area contributed by atoms with Gasteiger partial charge in [-0.15, -0.1) is 0 Å². The molecule has 0 nitrogen and oxygen atoms in total. The second-order valence-electron chi connectivity index (χ2n) is 16.4. The van der Waals surface area contributed by atoms with E-state index in [4.69, 9.17) is 0 Å². The first-order chi connectivity index (χ1) is 12.6. The molecule has 0 amide bonds. The average Bonchev–Trinajstić information content (AvgIpc) is 2.29. The first-order valence-electron chi connectivity index (χ1n) is 12.6. The Kier molecular flexibility index (Phi) is 13.5. The molecule has 0 saturated heterocycles. The van der Waals surface area contributed by atoms with E-state index in [0.29, 0.717) is 32.5 Å². The Morgan fingerprint density at radius 3 is 0.667 bits per heavy atom. The normalized spacial score (nSPS) is 14.2. The van der Waals surface area contributed by atoms with Crippen LogP contribution in [0, 0.1) is 44.3 Å². The lowest BCUT2D eigenvalue weighted by atomic mass is 9.65. The molecule has 0 N–H and O–H groups in total. The van der Waals surface area contributed by atoms with Crippen LogP contribution < -0.4 is 0 Å². The van der Waals surface area contributed by atoms with Crippen molar-refractivity contribution in [2.45, 2.75) is 151 Å². The molecule has 0 unspecified atom stereocenters. The van der Waals surface area contributed by atoms with Gasteiger partial charge in [0.05, 0.1) is 0 Å². The molecule has 0 radical (unpaired) electrons. The molecule has 0 aromatic carbocycles. The molecule has 0 fully saturated rings. The summed E-state index contributed by atoms with van der Waals surface area (Å²) < 4.78 is 0. The minimum absolute atomic E-state index is 0.443. The van der Waals surface area contributed by atoms with Crippen molar-refractivity contribution in [3.63, 3.8) is 0 Å². The summed E-state index contributed by atoms with van der Waals surface area (Å²) in [5.41, 5.74) is 2.76. The van der Waals surface area contributed by atoms with Gasteiger partial charge in [-0.2, -0.15) is 0 Å². The molecule has 0 aromatic heterocycles. The summed E-state index contributed by atoms with van der Waals surface area (Å²) in [6, 6.07) is 0. The lowest BCUT2D eigenvalue weighted by Crippen LogP contribution is -2.31. The Morgan fingerprint density at radius 2 is 0.667 bits per heavy atom. The van der Waals surface area contributed by atoms with Gasteiger partial charge in [0.25, 0.3) is 0 Å². The summed E-state index contributed by atoms with van der Waals surface area (Å²) in [7, 11) is 0. The first kappa shape index (κ1) is 34.6. The molecule has 0 rings (SSSR count). The highest BCUT2D eigenvalue weighted by atomic mass is 14.4. The highest BCUT2D eigenvalue weighted by Crippen LogP contribution is 2.41. The van der Waals surface area contributed by atoms with Crippen LogP contribution in [0.1, 0.15) is 151 Å². The van der Waals surface area contributed by atoms with Crippen molar-refractivity contribution < 1.29 is 0 Å². The van der Waals surface area contributed by atoms with Crippen LogP contribution in [0.4, 0.5) is 0 Å². The van der Waals surface area contributed by atoms with Gasteiger partial charge >= 0.3 is 0 Å². The average molecular weight is 427 g/mol. The minimum atomic E-state index is 0.443. The minimum Gasteiger partial charge on any atom is -0.0651 e. The molecule has 0 heteroatoms. The van der Waals surface area contributed by atoms with Gasteiger partial charge in [0.2, 0.25) is 0 Å². The van der Waals surface area contributed by atoms with Crippen molar-refractivity contribution >= 4 is 0 Å². The zero-order valence-electron chi connectivity index (χ0n) is 25.6. The van der Waals surface area contributed by atoms with Gasteiger partial charge < -0.3 is 0 Å². The third-order valence-corrected chi connectivity index (χ3v) is 6.16. The molecule has 0 spiro atoms. The van der Waals surface area contributed by atoms with Crippen molar-refractivity contribution in [2.24, 2.45) is 44.3 Å². The van der Waals surface area contributed by atoms with Gasteiger partial charge in [-0.25, -0.2) is 0 Å². The van der Waals surface area contributed by atoms with E-state index < -0.39 is 0 Å². The Bertz CT molecular complexity index is 383. The standard InChI is InChI=1S/C11H24.C10H22.C9H20/c1-8-9(10(2,3)4)11(5,6)7;1-8(9(2,3)4)10(5,6)7;1-8(2,3)7-9(4,5)6/h9H,8H2,1-7H3;8H,1-7H3;7H2,1-6H3. The van der Waals surface area contributed by atoms with Gasteiger partial charge in [-0.1, -0.05) is 145 Å². The molecular formula is C30H66. The maximum absolute atomic E-state index is 2.34. The SMILES string of the molecule is CC(C(C)(C)C)C(C)(C)C.CC(C)(C)CC(C)(C)C.CCC(C(C)(C)C)C(C)(C)C. The number of hydrogen-bond acceptors (Lipinski definition) is 0. The Hall–Kier alpha value is 0. The van der Waals surface area contributed by atoms with Crippen LogP contribution in [-0.2, 0) is 0 Å². The van der Waals surface area contributed by atoms with E-state index in [1.807, 2.05) is 0 Å². The van der Waals surface area contributed by atoms with Crippen LogP contribution in [0.3, 0.4) is 0 Å². The zero-order valence-corrected chi connectivity index (χ0v) is 25.6. The summed E-state index contributed by atoms with van der Waals surface area (Å²) in [5, 5.41) is 0. The Balaban J connectivity index is -0.000000366. The smallest absolute Gasteiger partial charge is 0.0319 e. The molecule has 0 atom stereocenters. The maximum atomic E-state index is 2.34. The van der Waals surface area contributed by atoms with Crippen molar-refractivity contribution in [1.82, 2.24) is 0 Å². The quantitative estimate of drug-likeness (QED) is 0.391. The largest absolute Gasteiger partial charge is 0.0651 e. The third-order valence-electron chi connectivity index (χ3n) is 6.16. The topological polar surface area (TPSA) is 0 Å². The highest BCUT2D eigenvalue weighted by Gasteiger charge is 2.33. The molecule has 0 aliphatic heterocycles.